The first-order chi connectivity index (χ1) is 7.86. The number of hydrogen-bond donors (Lipinski definition) is 0. The predicted molar refractivity (Wildman–Crippen MR) is 61.8 cm³/mol. The molecule has 2 aromatic rings. The van der Waals surface area contributed by atoms with Crippen molar-refractivity contribution >= 4 is 11.9 Å². The van der Waals surface area contributed by atoms with E-state index >= 15 is 0 Å². The van der Waals surface area contributed by atoms with Crippen LogP contribution < -0.4 is 0 Å². The van der Waals surface area contributed by atoms with Gasteiger partial charge in [0.1, 0.15) is 0 Å². The van der Waals surface area contributed by atoms with Gasteiger partial charge in [-0.15, -0.1) is 0 Å². The van der Waals surface area contributed by atoms with E-state index in [1.54, 1.807) is 43.0 Å². The van der Waals surface area contributed by atoms with Crippen LogP contribution in [0.1, 0.15) is 15.9 Å². The molecule has 0 aromatic carbocycles. The number of pyridine rings is 2. The third-order valence-electron chi connectivity index (χ3n) is 2.06. The minimum absolute atomic E-state index is 0.0584. The van der Waals surface area contributed by atoms with Gasteiger partial charge in [-0.2, -0.15) is 0 Å². The Kier molecular flexibility index (Phi) is 3.18. The highest BCUT2D eigenvalue weighted by atomic mass is 16.1. The van der Waals surface area contributed by atoms with Crippen molar-refractivity contribution in [1.29, 1.82) is 0 Å². The molecule has 2 rings (SSSR count). The van der Waals surface area contributed by atoms with Crippen molar-refractivity contribution in [2.75, 3.05) is 0 Å². The third-order valence-corrected chi connectivity index (χ3v) is 2.06. The highest BCUT2D eigenvalue weighted by Gasteiger charge is 1.99. The Hall–Kier alpha value is -2.29. The zero-order chi connectivity index (χ0) is 11.2. The fourth-order valence-electron chi connectivity index (χ4n) is 1.25. The van der Waals surface area contributed by atoms with Gasteiger partial charge in [-0.1, -0.05) is 6.07 Å². The third kappa shape index (κ3) is 2.60. The zero-order valence-corrected chi connectivity index (χ0v) is 8.58. The first kappa shape index (κ1) is 10.2. The fraction of sp³-hybridized carbons (Fsp3) is 0. The minimum Gasteiger partial charge on any atom is -0.289 e. The lowest BCUT2D eigenvalue weighted by molar-refractivity contribution is 0.104. The van der Waals surface area contributed by atoms with Crippen LogP contribution in [0.15, 0.2) is 55.1 Å². The van der Waals surface area contributed by atoms with Crippen LogP contribution in [0, 0.1) is 0 Å². The Morgan fingerprint density at radius 2 is 1.81 bits per heavy atom. The van der Waals surface area contributed by atoms with Crippen LogP contribution in [-0.2, 0) is 0 Å². The molecule has 0 aliphatic carbocycles. The molecule has 3 nitrogen and oxygen atoms in total. The summed E-state index contributed by atoms with van der Waals surface area (Å²) in [7, 11) is 0. The highest BCUT2D eigenvalue weighted by molar-refractivity contribution is 6.06. The number of nitrogens with zero attached hydrogens (tertiary/aromatic N) is 2. The standard InChI is InChI=1S/C13H10N2O/c16-13(12-4-2-8-15-10-12)6-5-11-3-1-7-14-9-11/h1-10H/b6-5+. The first-order valence-electron chi connectivity index (χ1n) is 4.89. The Balaban J connectivity index is 2.12. The van der Waals surface area contributed by atoms with Gasteiger partial charge in [0, 0.05) is 30.4 Å². The van der Waals surface area contributed by atoms with Crippen molar-refractivity contribution in [2.24, 2.45) is 0 Å². The molecule has 0 aliphatic rings. The second kappa shape index (κ2) is 4.98. The van der Waals surface area contributed by atoms with Gasteiger partial charge in [0.15, 0.2) is 5.78 Å². The largest absolute Gasteiger partial charge is 0.289 e. The number of rotatable bonds is 3. The molecule has 0 N–H and O–H groups in total. The molecule has 16 heavy (non-hydrogen) atoms. The smallest absolute Gasteiger partial charge is 0.187 e. The summed E-state index contributed by atoms with van der Waals surface area (Å²) >= 11 is 0. The summed E-state index contributed by atoms with van der Waals surface area (Å²) in [6, 6.07) is 7.20. The molecule has 0 spiro atoms. The maximum atomic E-state index is 11.7. The number of aromatic nitrogens is 2. The van der Waals surface area contributed by atoms with E-state index in [2.05, 4.69) is 9.97 Å². The van der Waals surface area contributed by atoms with Crippen molar-refractivity contribution in [3.63, 3.8) is 0 Å². The van der Waals surface area contributed by atoms with Crippen LogP contribution in [0.2, 0.25) is 0 Å². The molecule has 0 bridgehead atoms. The Morgan fingerprint density at radius 3 is 2.44 bits per heavy atom. The van der Waals surface area contributed by atoms with Crippen LogP contribution in [0.3, 0.4) is 0 Å². The van der Waals surface area contributed by atoms with E-state index in [1.165, 1.54) is 6.08 Å². The summed E-state index contributed by atoms with van der Waals surface area (Å²) in [4.78, 5) is 19.5. The highest BCUT2D eigenvalue weighted by Crippen LogP contribution is 2.03. The molecule has 0 fully saturated rings. The second-order valence-corrected chi connectivity index (χ2v) is 3.23. The maximum absolute atomic E-state index is 11.7. The lowest BCUT2D eigenvalue weighted by atomic mass is 10.1. The fourth-order valence-corrected chi connectivity index (χ4v) is 1.25. The summed E-state index contributed by atoms with van der Waals surface area (Å²) in [6.45, 7) is 0. The van der Waals surface area contributed by atoms with Crippen molar-refractivity contribution in [3.8, 4) is 0 Å². The van der Waals surface area contributed by atoms with Gasteiger partial charge in [-0.05, 0) is 35.9 Å². The molecule has 2 aromatic heterocycles. The maximum Gasteiger partial charge on any atom is 0.187 e. The van der Waals surface area contributed by atoms with Gasteiger partial charge < -0.3 is 0 Å². The van der Waals surface area contributed by atoms with Gasteiger partial charge in [0.25, 0.3) is 0 Å². The van der Waals surface area contributed by atoms with Crippen LogP contribution in [0.25, 0.3) is 6.08 Å². The van der Waals surface area contributed by atoms with Crippen molar-refractivity contribution in [2.45, 2.75) is 0 Å². The first-order valence-corrected chi connectivity index (χ1v) is 4.89. The lowest BCUT2D eigenvalue weighted by Crippen LogP contribution is -1.93. The number of carbonyl (C=O) groups is 1. The summed E-state index contributed by atoms with van der Waals surface area (Å²) in [6.07, 6.45) is 9.85. The van der Waals surface area contributed by atoms with Gasteiger partial charge in [0.2, 0.25) is 0 Å². The molecule has 0 saturated carbocycles. The lowest BCUT2D eigenvalue weighted by Gasteiger charge is -1.93. The van der Waals surface area contributed by atoms with Crippen molar-refractivity contribution < 1.29 is 4.79 Å². The molecule has 0 radical (unpaired) electrons. The molecule has 0 aliphatic heterocycles. The van der Waals surface area contributed by atoms with E-state index in [0.717, 1.165) is 5.56 Å². The molecule has 3 heteroatoms. The summed E-state index contributed by atoms with van der Waals surface area (Å²) in [5, 5.41) is 0. The average molecular weight is 210 g/mol. The van der Waals surface area contributed by atoms with E-state index in [4.69, 9.17) is 0 Å². The van der Waals surface area contributed by atoms with Gasteiger partial charge in [-0.3, -0.25) is 14.8 Å². The molecule has 78 valence electrons. The zero-order valence-electron chi connectivity index (χ0n) is 8.58. The SMILES string of the molecule is O=C(/C=C/c1cccnc1)c1cccnc1. The number of carbonyl (C=O) groups excluding carboxylic acids is 1. The van der Waals surface area contributed by atoms with E-state index in [1.807, 2.05) is 12.1 Å². The number of hydrogen-bond acceptors (Lipinski definition) is 3. The number of allylic oxidation sites excluding steroid dienone is 1. The Labute approximate surface area is 93.5 Å². The molecule has 0 amide bonds. The van der Waals surface area contributed by atoms with Gasteiger partial charge >= 0.3 is 0 Å². The summed E-state index contributed by atoms with van der Waals surface area (Å²) < 4.78 is 0. The quantitative estimate of drug-likeness (QED) is 0.577. The van der Waals surface area contributed by atoms with E-state index in [-0.39, 0.29) is 5.78 Å². The molecule has 0 atom stereocenters. The van der Waals surface area contributed by atoms with Crippen LogP contribution in [0.5, 0.6) is 0 Å². The predicted octanol–water partition coefficient (Wildman–Crippen LogP) is 2.37. The van der Waals surface area contributed by atoms with Crippen molar-refractivity contribution in [3.05, 3.63) is 66.3 Å². The molecular formula is C13H10N2O. The second-order valence-electron chi connectivity index (χ2n) is 3.23. The molecule has 2 heterocycles. The Bertz CT molecular complexity index is 492. The van der Waals surface area contributed by atoms with E-state index in [9.17, 15) is 4.79 Å². The van der Waals surface area contributed by atoms with Crippen LogP contribution in [0.4, 0.5) is 0 Å². The van der Waals surface area contributed by atoms with E-state index < -0.39 is 0 Å². The normalized spacial score (nSPS) is 10.5. The van der Waals surface area contributed by atoms with Gasteiger partial charge in [-0.25, -0.2) is 0 Å². The van der Waals surface area contributed by atoms with Crippen LogP contribution >= 0.6 is 0 Å². The average Bonchev–Trinajstić information content (AvgIpc) is 2.38. The number of ketones is 1. The van der Waals surface area contributed by atoms with Gasteiger partial charge in [0.05, 0.1) is 0 Å². The summed E-state index contributed by atoms with van der Waals surface area (Å²) in [5.41, 5.74) is 1.49. The summed E-state index contributed by atoms with van der Waals surface area (Å²) in [5.74, 6) is -0.0584. The Morgan fingerprint density at radius 1 is 1.06 bits per heavy atom. The van der Waals surface area contributed by atoms with E-state index in [0.29, 0.717) is 5.56 Å². The topological polar surface area (TPSA) is 42.9 Å². The minimum atomic E-state index is -0.0584. The monoisotopic (exact) mass is 210 g/mol. The molecule has 0 saturated heterocycles. The van der Waals surface area contributed by atoms with Crippen molar-refractivity contribution in [1.82, 2.24) is 9.97 Å². The van der Waals surface area contributed by atoms with Crippen LogP contribution in [-0.4, -0.2) is 15.8 Å². The molecule has 0 unspecified atom stereocenters. The molecular weight excluding hydrogens is 200 g/mol.